The van der Waals surface area contributed by atoms with Crippen LogP contribution in [0.3, 0.4) is 0 Å². The number of aryl methyl sites for hydroxylation is 1. The Labute approximate surface area is 210 Å². The number of alkyl halides is 1. The number of aromatic amines is 1. The highest BCUT2D eigenvalue weighted by molar-refractivity contribution is 6.30. The molecule has 0 aliphatic rings. The van der Waals surface area contributed by atoms with Gasteiger partial charge in [0.25, 0.3) is 11.1 Å². The molecule has 3 rings (SSSR count). The highest BCUT2D eigenvalue weighted by Crippen LogP contribution is 2.32. The summed E-state index contributed by atoms with van der Waals surface area (Å²) in [6.07, 6.45) is -0.263. The topological polar surface area (TPSA) is 127 Å². The quantitative estimate of drug-likeness (QED) is 0.353. The second kappa shape index (κ2) is 11.0. The number of nitriles is 1. The van der Waals surface area contributed by atoms with Crippen LogP contribution in [0.1, 0.15) is 52.9 Å². The van der Waals surface area contributed by atoms with Crippen LogP contribution in [0, 0.1) is 11.3 Å². The molecule has 0 amide bonds. The third kappa shape index (κ3) is 5.53. The molecule has 0 spiro atoms. The van der Waals surface area contributed by atoms with Crippen molar-refractivity contribution in [3.05, 3.63) is 96.6 Å². The van der Waals surface area contributed by atoms with Crippen LogP contribution in [0.15, 0.2) is 52.3 Å². The summed E-state index contributed by atoms with van der Waals surface area (Å²) in [4.78, 5) is 44.4. The number of nitrogens with zero attached hydrogens (tertiary/aromatic N) is 3. The molecule has 0 saturated heterocycles. The zero-order chi connectivity index (χ0) is 26.6. The number of halogens is 2. The zero-order valence-corrected chi connectivity index (χ0v) is 20.5. The van der Waals surface area contributed by atoms with Crippen LogP contribution in [-0.2, 0) is 17.7 Å². The maximum absolute atomic E-state index is 15.0. The predicted molar refractivity (Wildman–Crippen MR) is 130 cm³/mol. The van der Waals surface area contributed by atoms with E-state index in [1.165, 1.54) is 31.2 Å². The third-order valence-electron chi connectivity index (χ3n) is 5.23. The van der Waals surface area contributed by atoms with E-state index in [1.807, 2.05) is 6.07 Å². The second-order valence-electron chi connectivity index (χ2n) is 7.85. The van der Waals surface area contributed by atoms with E-state index in [0.29, 0.717) is 17.7 Å². The summed E-state index contributed by atoms with van der Waals surface area (Å²) in [6, 6.07) is 7.39. The van der Waals surface area contributed by atoms with E-state index in [4.69, 9.17) is 16.3 Å². The van der Waals surface area contributed by atoms with Crippen LogP contribution in [-0.4, -0.2) is 27.6 Å². The molecule has 0 fully saturated rings. The Morgan fingerprint density at radius 3 is 2.67 bits per heavy atom. The number of allylic oxidation sites excluding steroid dienone is 1. The van der Waals surface area contributed by atoms with Crippen molar-refractivity contribution in [2.24, 2.45) is 0 Å². The highest BCUT2D eigenvalue weighted by Gasteiger charge is 2.24. The van der Waals surface area contributed by atoms with Gasteiger partial charge in [-0.15, -0.1) is 0 Å². The SMILES string of the molecule is C=C(C)C(F)c1ncn(Cc2cc(C(=O)OC)c(=O)[nH]c2CC)c(=O)c1Oc1cc(Cl)cc(C#N)c1. The third-order valence-corrected chi connectivity index (χ3v) is 5.45. The van der Waals surface area contributed by atoms with Crippen LogP contribution in [0.5, 0.6) is 11.5 Å². The van der Waals surface area contributed by atoms with Crippen molar-refractivity contribution in [3.63, 3.8) is 0 Å². The van der Waals surface area contributed by atoms with Gasteiger partial charge in [-0.2, -0.15) is 5.26 Å². The first-order valence-corrected chi connectivity index (χ1v) is 11.1. The average Bonchev–Trinajstić information content (AvgIpc) is 2.85. The summed E-state index contributed by atoms with van der Waals surface area (Å²) in [5, 5.41) is 9.39. The van der Waals surface area contributed by atoms with Crippen LogP contribution < -0.4 is 15.9 Å². The van der Waals surface area contributed by atoms with Gasteiger partial charge in [0.2, 0.25) is 5.75 Å². The summed E-state index contributed by atoms with van der Waals surface area (Å²) in [7, 11) is 1.15. The van der Waals surface area contributed by atoms with E-state index in [9.17, 15) is 24.0 Å². The lowest BCUT2D eigenvalue weighted by Crippen LogP contribution is -2.27. The summed E-state index contributed by atoms with van der Waals surface area (Å²) in [5.74, 6) is -1.21. The number of rotatable bonds is 8. The number of methoxy groups -OCH3 is 1. The molecule has 186 valence electrons. The average molecular weight is 513 g/mol. The molecule has 36 heavy (non-hydrogen) atoms. The number of benzene rings is 1. The van der Waals surface area contributed by atoms with Crippen LogP contribution in [0.4, 0.5) is 4.39 Å². The number of nitrogens with one attached hydrogen (secondary N) is 1. The molecule has 1 unspecified atom stereocenters. The Balaban J connectivity index is 2.16. The molecule has 0 aliphatic carbocycles. The van der Waals surface area contributed by atoms with Crippen LogP contribution >= 0.6 is 11.6 Å². The maximum atomic E-state index is 15.0. The van der Waals surface area contributed by atoms with Gasteiger partial charge in [0, 0.05) is 10.7 Å². The van der Waals surface area contributed by atoms with Gasteiger partial charge in [-0.05, 0) is 48.7 Å². The number of esters is 1. The first-order chi connectivity index (χ1) is 17.1. The Morgan fingerprint density at radius 1 is 1.33 bits per heavy atom. The van der Waals surface area contributed by atoms with Crippen molar-refractivity contribution in [3.8, 4) is 17.6 Å². The van der Waals surface area contributed by atoms with Gasteiger partial charge in [-0.1, -0.05) is 25.1 Å². The number of hydrogen-bond donors (Lipinski definition) is 1. The van der Waals surface area contributed by atoms with Gasteiger partial charge < -0.3 is 14.5 Å². The fourth-order valence-electron chi connectivity index (χ4n) is 3.42. The molecule has 1 N–H and O–H groups in total. The van der Waals surface area contributed by atoms with Crippen molar-refractivity contribution in [1.29, 1.82) is 5.26 Å². The number of H-pyrrole nitrogens is 1. The van der Waals surface area contributed by atoms with Crippen molar-refractivity contribution >= 4 is 17.6 Å². The zero-order valence-electron chi connectivity index (χ0n) is 19.7. The normalized spacial score (nSPS) is 11.4. The Kier molecular flexibility index (Phi) is 8.07. The standard InChI is InChI=1S/C25H22ClFN4O5/c1-5-19-15(8-18(23(32)30-19)25(34)35-4)11-31-12-29-21(20(27)13(2)3)22(24(31)33)36-17-7-14(10-28)6-16(26)9-17/h6-9,12,20H,2,5,11H2,1,3-4H3,(H,30,32). The van der Waals surface area contributed by atoms with Gasteiger partial charge in [0.05, 0.1) is 31.6 Å². The minimum Gasteiger partial charge on any atom is -0.465 e. The number of aromatic nitrogens is 3. The molecule has 11 heteroatoms. The van der Waals surface area contributed by atoms with Crippen LogP contribution in [0.2, 0.25) is 5.02 Å². The van der Waals surface area contributed by atoms with E-state index in [2.05, 4.69) is 21.3 Å². The van der Waals surface area contributed by atoms with E-state index < -0.39 is 29.0 Å². The monoisotopic (exact) mass is 512 g/mol. The Morgan fingerprint density at radius 2 is 2.06 bits per heavy atom. The lowest BCUT2D eigenvalue weighted by molar-refractivity contribution is 0.0598. The van der Waals surface area contributed by atoms with E-state index in [1.54, 1.807) is 6.92 Å². The van der Waals surface area contributed by atoms with E-state index in [-0.39, 0.29) is 39.7 Å². The summed E-state index contributed by atoms with van der Waals surface area (Å²) >= 11 is 6.04. The number of ether oxygens (including phenoxy) is 2. The highest BCUT2D eigenvalue weighted by atomic mass is 35.5. The molecule has 1 aromatic carbocycles. The van der Waals surface area contributed by atoms with E-state index >= 15 is 0 Å². The van der Waals surface area contributed by atoms with Gasteiger partial charge >= 0.3 is 5.97 Å². The second-order valence-corrected chi connectivity index (χ2v) is 8.29. The molecule has 3 aromatic rings. The van der Waals surface area contributed by atoms with Gasteiger partial charge in [-0.25, -0.2) is 14.2 Å². The fraction of sp³-hybridized carbons (Fsp3) is 0.240. The molecule has 0 radical (unpaired) electrons. The fourth-order valence-corrected chi connectivity index (χ4v) is 3.65. The number of carbonyl (C=O) groups is 1. The minimum atomic E-state index is -1.80. The lowest BCUT2D eigenvalue weighted by Gasteiger charge is -2.16. The van der Waals surface area contributed by atoms with Crippen molar-refractivity contribution in [2.75, 3.05) is 7.11 Å². The number of hydrogen-bond acceptors (Lipinski definition) is 7. The molecule has 0 bridgehead atoms. The largest absolute Gasteiger partial charge is 0.465 e. The van der Waals surface area contributed by atoms with Crippen molar-refractivity contribution in [1.82, 2.24) is 14.5 Å². The minimum absolute atomic E-state index is 0.0390. The lowest BCUT2D eigenvalue weighted by atomic mass is 10.1. The molecule has 2 aromatic heterocycles. The number of carbonyl (C=O) groups excluding carboxylic acids is 1. The Bertz CT molecular complexity index is 1510. The molecule has 0 saturated carbocycles. The summed E-state index contributed by atoms with van der Waals surface area (Å²) in [5.41, 5.74) is -0.668. The molecular formula is C25H22ClFN4O5. The van der Waals surface area contributed by atoms with Gasteiger partial charge in [-0.3, -0.25) is 14.2 Å². The Hall–Kier alpha value is -4.23. The summed E-state index contributed by atoms with van der Waals surface area (Å²) < 4.78 is 26.5. The summed E-state index contributed by atoms with van der Waals surface area (Å²) in [6.45, 7) is 6.70. The molecule has 1 atom stereocenters. The van der Waals surface area contributed by atoms with Crippen molar-refractivity contribution < 1.29 is 18.7 Å². The van der Waals surface area contributed by atoms with Gasteiger partial charge in [0.1, 0.15) is 17.0 Å². The van der Waals surface area contributed by atoms with Crippen LogP contribution in [0.25, 0.3) is 0 Å². The molecule has 0 aliphatic heterocycles. The van der Waals surface area contributed by atoms with E-state index in [0.717, 1.165) is 18.0 Å². The van der Waals surface area contributed by atoms with Gasteiger partial charge in [0.15, 0.2) is 6.17 Å². The molecule has 9 nitrogen and oxygen atoms in total. The predicted octanol–water partition coefficient (Wildman–Crippen LogP) is 4.23. The molecule has 2 heterocycles. The van der Waals surface area contributed by atoms with Crippen molar-refractivity contribution in [2.45, 2.75) is 33.0 Å². The first kappa shape index (κ1) is 26.4. The number of pyridine rings is 1. The first-order valence-electron chi connectivity index (χ1n) is 10.7. The molecular weight excluding hydrogens is 491 g/mol. The smallest absolute Gasteiger partial charge is 0.343 e. The maximum Gasteiger partial charge on any atom is 0.343 e.